The van der Waals surface area contributed by atoms with Crippen LogP contribution in [0.3, 0.4) is 0 Å². The largest absolute Gasteiger partial charge is 0.759 e. The third kappa shape index (κ3) is 4.63. The highest BCUT2D eigenvalue weighted by molar-refractivity contribution is 7.76. The number of rotatable bonds is 9. The number of carbonyl (C=O) groups is 1. The minimum atomic E-state index is -2.32. The van der Waals surface area contributed by atoms with Crippen molar-refractivity contribution in [2.24, 2.45) is 0 Å². The molecule has 2 N–H and O–H groups in total. The Labute approximate surface area is 163 Å². The van der Waals surface area contributed by atoms with E-state index in [1.54, 1.807) is 31.4 Å². The van der Waals surface area contributed by atoms with Crippen LogP contribution in [0.2, 0.25) is 0 Å². The predicted octanol–water partition coefficient (Wildman–Crippen LogP) is 2.53. The Morgan fingerprint density at radius 3 is 2.70 bits per heavy atom. The van der Waals surface area contributed by atoms with Crippen LogP contribution in [0.1, 0.15) is 27.3 Å². The van der Waals surface area contributed by atoms with Crippen LogP contribution in [0.5, 0.6) is 5.75 Å². The zero-order chi connectivity index (χ0) is 19.4. The summed E-state index contributed by atoms with van der Waals surface area (Å²) in [6.07, 6.45) is 0.745. The Morgan fingerprint density at radius 1 is 1.30 bits per heavy atom. The van der Waals surface area contributed by atoms with Crippen molar-refractivity contribution in [1.29, 1.82) is 0 Å². The van der Waals surface area contributed by atoms with Crippen LogP contribution in [-0.4, -0.2) is 32.8 Å². The van der Waals surface area contributed by atoms with Crippen molar-refractivity contribution < 1.29 is 18.3 Å². The molecule has 1 unspecified atom stereocenters. The molecule has 0 fully saturated rings. The molecule has 144 valence electrons. The molecule has 1 atom stereocenters. The summed E-state index contributed by atoms with van der Waals surface area (Å²) in [6, 6.07) is 11.1. The van der Waals surface area contributed by atoms with Gasteiger partial charge in [0, 0.05) is 41.0 Å². The zero-order valence-electron chi connectivity index (χ0n) is 15.0. The second kappa shape index (κ2) is 8.77. The van der Waals surface area contributed by atoms with E-state index in [9.17, 15) is 13.6 Å². The molecule has 3 aromatic rings. The number of methoxy groups -OCH3 is 1. The third-order valence-electron chi connectivity index (χ3n) is 4.19. The molecule has 7 nitrogen and oxygen atoms in total. The number of carbonyl (C=O) groups excluding carboxylic acids is 1. The molecule has 0 spiro atoms. The first-order chi connectivity index (χ1) is 13.0. The minimum Gasteiger partial charge on any atom is -0.759 e. The van der Waals surface area contributed by atoms with E-state index in [-0.39, 0.29) is 5.78 Å². The van der Waals surface area contributed by atoms with Gasteiger partial charge in [0.2, 0.25) is 5.78 Å². The molecular weight excluding hydrogens is 386 g/mol. The summed E-state index contributed by atoms with van der Waals surface area (Å²) in [5.41, 5.74) is 4.37. The van der Waals surface area contributed by atoms with Crippen LogP contribution in [0, 0.1) is 6.92 Å². The summed E-state index contributed by atoms with van der Waals surface area (Å²) in [6.45, 7) is 3.26. The summed E-state index contributed by atoms with van der Waals surface area (Å²) < 4.78 is 28.1. The van der Waals surface area contributed by atoms with Crippen LogP contribution in [0.4, 0.5) is 0 Å². The normalized spacial score (nSPS) is 12.4. The van der Waals surface area contributed by atoms with Gasteiger partial charge < -0.3 is 13.9 Å². The van der Waals surface area contributed by atoms with Crippen molar-refractivity contribution >= 4 is 38.6 Å². The third-order valence-corrected chi connectivity index (χ3v) is 5.67. The second-order valence-corrected chi connectivity index (χ2v) is 7.69. The Kier molecular flexibility index (Phi) is 6.40. The number of fused-ring (bicyclic) bond motifs is 1. The van der Waals surface area contributed by atoms with Gasteiger partial charge in [-0.25, -0.2) is 5.43 Å². The number of hydrazine groups is 1. The van der Waals surface area contributed by atoms with Gasteiger partial charge in [0.25, 0.3) is 0 Å². The quantitative estimate of drug-likeness (QED) is 0.246. The predicted molar refractivity (Wildman–Crippen MR) is 106 cm³/mol. The van der Waals surface area contributed by atoms with E-state index in [0.29, 0.717) is 22.7 Å². The number of hydrogen-bond donors (Lipinski definition) is 2. The standard InChI is InChI=1S/C18H21N3O4S2/c1-12-10-14-11-16(17(22)13-4-6-15(25-2)7-5-13)26-18(14)21(12)9-3-8-19-20-27(23)24/h4-7,10-11,19-20H,3,8-9H2,1-2H3,(H,23,24)/p-1. The molecular formula is C18H20N3O4S2-. The molecule has 0 aliphatic rings. The lowest BCUT2D eigenvalue weighted by molar-refractivity contribution is 0.104. The average molecular weight is 407 g/mol. The van der Waals surface area contributed by atoms with E-state index in [4.69, 9.17) is 4.74 Å². The molecule has 0 saturated heterocycles. The molecule has 0 bridgehead atoms. The van der Waals surface area contributed by atoms with E-state index >= 15 is 0 Å². The highest BCUT2D eigenvalue weighted by atomic mass is 32.2. The Bertz CT molecular complexity index is 963. The molecule has 0 aliphatic heterocycles. The fourth-order valence-corrected chi connectivity index (χ4v) is 4.29. The van der Waals surface area contributed by atoms with Crippen molar-refractivity contribution in [1.82, 2.24) is 14.8 Å². The Hall–Kier alpha value is -2.04. The molecule has 0 radical (unpaired) electrons. The molecule has 9 heteroatoms. The topological polar surface area (TPSA) is 95.4 Å². The van der Waals surface area contributed by atoms with Crippen molar-refractivity contribution in [3.05, 3.63) is 52.5 Å². The maximum Gasteiger partial charge on any atom is 0.203 e. The van der Waals surface area contributed by atoms with Crippen molar-refractivity contribution in [2.45, 2.75) is 19.9 Å². The summed E-state index contributed by atoms with van der Waals surface area (Å²) >= 11 is -0.842. The lowest BCUT2D eigenvalue weighted by atomic mass is 10.1. The first kappa shape index (κ1) is 19.7. The average Bonchev–Trinajstić information content (AvgIpc) is 3.18. The zero-order valence-corrected chi connectivity index (χ0v) is 16.6. The Balaban J connectivity index is 1.74. The summed E-state index contributed by atoms with van der Waals surface area (Å²) in [4.78, 5) is 16.6. The maximum absolute atomic E-state index is 12.8. The van der Waals surface area contributed by atoms with Crippen LogP contribution in [0.15, 0.2) is 36.4 Å². The Morgan fingerprint density at radius 2 is 2.04 bits per heavy atom. The molecule has 0 aliphatic carbocycles. The monoisotopic (exact) mass is 406 g/mol. The molecule has 3 rings (SSSR count). The van der Waals surface area contributed by atoms with E-state index in [1.807, 2.05) is 13.0 Å². The number of ether oxygens (including phenoxy) is 1. The molecule has 1 aromatic carbocycles. The second-order valence-electron chi connectivity index (χ2n) is 5.98. The summed E-state index contributed by atoms with van der Waals surface area (Å²) in [7, 11) is 1.59. The van der Waals surface area contributed by atoms with Crippen LogP contribution in [-0.2, 0) is 17.8 Å². The first-order valence-corrected chi connectivity index (χ1v) is 10.2. The van der Waals surface area contributed by atoms with Crippen LogP contribution < -0.4 is 15.0 Å². The van der Waals surface area contributed by atoms with Gasteiger partial charge in [-0.2, -0.15) is 4.83 Å². The van der Waals surface area contributed by atoms with Gasteiger partial charge in [0.1, 0.15) is 10.6 Å². The number of nitrogens with one attached hydrogen (secondary N) is 2. The molecule has 0 saturated carbocycles. The number of nitrogens with zero attached hydrogens (tertiary/aromatic N) is 1. The van der Waals surface area contributed by atoms with Gasteiger partial charge >= 0.3 is 0 Å². The highest BCUT2D eigenvalue weighted by Gasteiger charge is 2.16. The summed E-state index contributed by atoms with van der Waals surface area (Å²) in [5.74, 6) is 0.709. The van der Waals surface area contributed by atoms with Crippen molar-refractivity contribution in [2.75, 3.05) is 13.7 Å². The maximum atomic E-state index is 12.8. The minimum absolute atomic E-state index is 0.00755. The first-order valence-electron chi connectivity index (χ1n) is 8.36. The van der Waals surface area contributed by atoms with Gasteiger partial charge in [0.05, 0.1) is 12.0 Å². The van der Waals surface area contributed by atoms with Crippen LogP contribution >= 0.6 is 11.3 Å². The van der Waals surface area contributed by atoms with E-state index in [2.05, 4.69) is 20.9 Å². The lowest BCUT2D eigenvalue weighted by Crippen LogP contribution is -2.34. The van der Waals surface area contributed by atoms with Gasteiger partial charge in [-0.05, 0) is 49.7 Å². The fourth-order valence-electron chi connectivity index (χ4n) is 2.88. The molecule has 27 heavy (non-hydrogen) atoms. The number of hydrogen-bond acceptors (Lipinski definition) is 6. The molecule has 2 heterocycles. The number of thiophene rings is 1. The number of aryl methyl sites for hydroxylation is 2. The van der Waals surface area contributed by atoms with Crippen LogP contribution in [0.25, 0.3) is 10.2 Å². The van der Waals surface area contributed by atoms with Gasteiger partial charge in [-0.3, -0.25) is 9.00 Å². The van der Waals surface area contributed by atoms with E-state index in [1.165, 1.54) is 11.3 Å². The number of ketones is 1. The van der Waals surface area contributed by atoms with Crippen molar-refractivity contribution in [3.63, 3.8) is 0 Å². The van der Waals surface area contributed by atoms with Gasteiger partial charge in [-0.15, -0.1) is 11.3 Å². The smallest absolute Gasteiger partial charge is 0.203 e. The van der Waals surface area contributed by atoms with Crippen molar-refractivity contribution in [3.8, 4) is 5.75 Å². The highest BCUT2D eigenvalue weighted by Crippen LogP contribution is 2.31. The number of aromatic nitrogens is 1. The fraction of sp³-hybridized carbons (Fsp3) is 0.278. The van der Waals surface area contributed by atoms with Gasteiger partial charge in [0.15, 0.2) is 0 Å². The SMILES string of the molecule is COc1ccc(C(=O)c2cc3cc(C)n(CCCNNS(=O)[O-])c3s2)cc1. The summed E-state index contributed by atoms with van der Waals surface area (Å²) in [5, 5.41) is 1.04. The molecule has 2 aromatic heterocycles. The lowest BCUT2D eigenvalue weighted by Gasteiger charge is -2.10. The number of benzene rings is 1. The molecule has 0 amide bonds. The van der Waals surface area contributed by atoms with E-state index < -0.39 is 11.3 Å². The van der Waals surface area contributed by atoms with E-state index in [0.717, 1.165) is 28.9 Å². The van der Waals surface area contributed by atoms with Gasteiger partial charge in [-0.1, -0.05) is 0 Å².